The molecule has 2 aliphatic rings. The van der Waals surface area contributed by atoms with Crippen LogP contribution in [0, 0.1) is 0 Å². The minimum atomic E-state index is -3.59. The standard InChI is InChI=1S/C23H29NO4S/c1-2-27-22-10-6-9-19-15-20(16-28-23(19)22)24-29(25,26)21-13-11-18(12-14-21)17-7-4-3-5-8-17/h6,9-14,17,20,24H,2-5,7-8,15-16H2,1H3/t20-/m1/s1. The fourth-order valence-corrected chi connectivity index (χ4v) is 5.60. The van der Waals surface area contributed by atoms with Crippen LogP contribution in [0.3, 0.4) is 0 Å². The Hall–Kier alpha value is -2.05. The fourth-order valence-electron chi connectivity index (χ4n) is 4.38. The Morgan fingerprint density at radius 2 is 1.83 bits per heavy atom. The van der Waals surface area contributed by atoms with E-state index in [0.29, 0.717) is 29.6 Å². The second-order valence-electron chi connectivity index (χ2n) is 7.91. The van der Waals surface area contributed by atoms with Gasteiger partial charge in [0.2, 0.25) is 10.0 Å². The lowest BCUT2D eigenvalue weighted by molar-refractivity contribution is 0.233. The summed E-state index contributed by atoms with van der Waals surface area (Å²) in [5.74, 6) is 2.00. The molecule has 4 rings (SSSR count). The zero-order valence-corrected chi connectivity index (χ0v) is 17.7. The number of hydrogen-bond donors (Lipinski definition) is 1. The molecule has 156 valence electrons. The van der Waals surface area contributed by atoms with Crippen molar-refractivity contribution < 1.29 is 17.9 Å². The van der Waals surface area contributed by atoms with Crippen LogP contribution >= 0.6 is 0 Å². The van der Waals surface area contributed by atoms with Crippen molar-refractivity contribution in [3.63, 3.8) is 0 Å². The Kier molecular flexibility index (Phi) is 6.11. The van der Waals surface area contributed by atoms with E-state index in [4.69, 9.17) is 9.47 Å². The summed E-state index contributed by atoms with van der Waals surface area (Å²) >= 11 is 0. The highest BCUT2D eigenvalue weighted by Gasteiger charge is 2.27. The van der Waals surface area contributed by atoms with Crippen molar-refractivity contribution in [3.8, 4) is 11.5 Å². The highest BCUT2D eigenvalue weighted by atomic mass is 32.2. The molecule has 0 bridgehead atoms. The molecule has 0 radical (unpaired) electrons. The van der Waals surface area contributed by atoms with Crippen molar-refractivity contribution in [2.75, 3.05) is 13.2 Å². The summed E-state index contributed by atoms with van der Waals surface area (Å²) in [6.07, 6.45) is 6.82. The van der Waals surface area contributed by atoms with Crippen LogP contribution in [0.4, 0.5) is 0 Å². The summed E-state index contributed by atoms with van der Waals surface area (Å²) in [4.78, 5) is 0.311. The molecule has 6 heteroatoms. The third kappa shape index (κ3) is 4.59. The summed E-state index contributed by atoms with van der Waals surface area (Å²) in [7, 11) is -3.59. The smallest absolute Gasteiger partial charge is 0.240 e. The molecule has 0 spiro atoms. The molecule has 0 unspecified atom stereocenters. The first-order chi connectivity index (χ1) is 14.1. The maximum Gasteiger partial charge on any atom is 0.240 e. The Labute approximate surface area is 173 Å². The molecule has 0 aromatic heterocycles. The van der Waals surface area contributed by atoms with E-state index in [-0.39, 0.29) is 12.6 Å². The van der Waals surface area contributed by atoms with Gasteiger partial charge in [0, 0.05) is 0 Å². The van der Waals surface area contributed by atoms with E-state index in [1.165, 1.54) is 37.7 Å². The van der Waals surface area contributed by atoms with Crippen molar-refractivity contribution in [2.24, 2.45) is 0 Å². The van der Waals surface area contributed by atoms with Crippen molar-refractivity contribution in [1.82, 2.24) is 4.72 Å². The zero-order chi connectivity index (χ0) is 20.3. The van der Waals surface area contributed by atoms with Gasteiger partial charge in [-0.25, -0.2) is 13.1 Å². The van der Waals surface area contributed by atoms with Gasteiger partial charge in [-0.15, -0.1) is 0 Å². The van der Waals surface area contributed by atoms with E-state index in [0.717, 1.165) is 11.3 Å². The molecule has 1 atom stereocenters. The van der Waals surface area contributed by atoms with E-state index in [2.05, 4.69) is 4.72 Å². The molecule has 1 saturated carbocycles. The molecule has 1 fully saturated rings. The number of sulfonamides is 1. The largest absolute Gasteiger partial charge is 0.490 e. The molecular formula is C23H29NO4S. The monoisotopic (exact) mass is 415 g/mol. The van der Waals surface area contributed by atoms with Gasteiger partial charge in [-0.05, 0) is 61.4 Å². The van der Waals surface area contributed by atoms with E-state index in [9.17, 15) is 8.42 Å². The van der Waals surface area contributed by atoms with Gasteiger partial charge < -0.3 is 9.47 Å². The van der Waals surface area contributed by atoms with Gasteiger partial charge in [-0.1, -0.05) is 43.5 Å². The number of fused-ring (bicyclic) bond motifs is 1. The summed E-state index contributed by atoms with van der Waals surface area (Å²) in [5.41, 5.74) is 2.21. The average molecular weight is 416 g/mol. The molecule has 1 aliphatic heterocycles. The lowest BCUT2D eigenvalue weighted by Crippen LogP contribution is -2.42. The molecule has 2 aromatic carbocycles. The van der Waals surface area contributed by atoms with Gasteiger partial charge >= 0.3 is 0 Å². The maximum atomic E-state index is 12.9. The number of hydrogen-bond acceptors (Lipinski definition) is 4. The minimum absolute atomic E-state index is 0.288. The van der Waals surface area contributed by atoms with E-state index in [1.807, 2.05) is 37.3 Å². The zero-order valence-electron chi connectivity index (χ0n) is 16.9. The predicted octanol–water partition coefficient (Wildman–Crippen LogP) is 4.42. The number of rotatable bonds is 6. The minimum Gasteiger partial charge on any atom is -0.490 e. The van der Waals surface area contributed by atoms with E-state index in [1.54, 1.807) is 12.1 Å². The third-order valence-electron chi connectivity index (χ3n) is 5.84. The molecule has 2 aromatic rings. The second kappa shape index (κ2) is 8.76. The van der Waals surface area contributed by atoms with Crippen molar-refractivity contribution in [3.05, 3.63) is 53.6 Å². The Bertz CT molecular complexity index is 934. The molecule has 0 amide bonds. The molecule has 1 heterocycles. The summed E-state index contributed by atoms with van der Waals surface area (Å²) < 4.78 is 40.0. The third-order valence-corrected chi connectivity index (χ3v) is 7.38. The van der Waals surface area contributed by atoms with Crippen molar-refractivity contribution in [2.45, 2.75) is 62.3 Å². The molecule has 0 saturated heterocycles. The molecule has 5 nitrogen and oxygen atoms in total. The number of benzene rings is 2. The lowest BCUT2D eigenvalue weighted by Gasteiger charge is -2.27. The highest BCUT2D eigenvalue weighted by molar-refractivity contribution is 7.89. The first-order valence-electron chi connectivity index (χ1n) is 10.6. The van der Waals surface area contributed by atoms with Gasteiger partial charge in [-0.2, -0.15) is 0 Å². The Morgan fingerprint density at radius 3 is 2.55 bits per heavy atom. The van der Waals surface area contributed by atoms with Crippen molar-refractivity contribution in [1.29, 1.82) is 0 Å². The van der Waals surface area contributed by atoms with E-state index < -0.39 is 10.0 Å². The Morgan fingerprint density at radius 1 is 1.07 bits per heavy atom. The first kappa shape index (κ1) is 20.2. The quantitative estimate of drug-likeness (QED) is 0.759. The van der Waals surface area contributed by atoms with Gasteiger partial charge in [0.25, 0.3) is 0 Å². The maximum absolute atomic E-state index is 12.9. The van der Waals surface area contributed by atoms with Crippen LogP contribution in [-0.4, -0.2) is 27.7 Å². The van der Waals surface area contributed by atoms with Gasteiger partial charge in [0.15, 0.2) is 11.5 Å². The van der Waals surface area contributed by atoms with Gasteiger partial charge in [-0.3, -0.25) is 0 Å². The Balaban J connectivity index is 1.44. The summed E-state index contributed by atoms with van der Waals surface area (Å²) in [5, 5.41) is 0. The summed E-state index contributed by atoms with van der Waals surface area (Å²) in [6.45, 7) is 2.78. The first-order valence-corrected chi connectivity index (χ1v) is 12.0. The van der Waals surface area contributed by atoms with Crippen LogP contribution < -0.4 is 14.2 Å². The second-order valence-corrected chi connectivity index (χ2v) is 9.63. The fraction of sp³-hybridized carbons (Fsp3) is 0.478. The highest BCUT2D eigenvalue weighted by Crippen LogP contribution is 2.35. The number of nitrogens with one attached hydrogen (secondary N) is 1. The van der Waals surface area contributed by atoms with Gasteiger partial charge in [0.1, 0.15) is 6.61 Å². The topological polar surface area (TPSA) is 64.6 Å². The van der Waals surface area contributed by atoms with E-state index >= 15 is 0 Å². The lowest BCUT2D eigenvalue weighted by atomic mass is 9.84. The van der Waals surface area contributed by atoms with Gasteiger partial charge in [0.05, 0.1) is 17.5 Å². The van der Waals surface area contributed by atoms with Crippen LogP contribution in [-0.2, 0) is 16.4 Å². The van der Waals surface area contributed by atoms with Crippen LogP contribution in [0.25, 0.3) is 0 Å². The normalized spacial score (nSPS) is 20.0. The molecule has 29 heavy (non-hydrogen) atoms. The molecule has 1 N–H and O–H groups in total. The predicted molar refractivity (Wildman–Crippen MR) is 113 cm³/mol. The van der Waals surface area contributed by atoms with Crippen LogP contribution in [0.5, 0.6) is 11.5 Å². The summed E-state index contributed by atoms with van der Waals surface area (Å²) in [6, 6.07) is 12.9. The molecular weight excluding hydrogens is 386 g/mol. The number of para-hydroxylation sites is 1. The molecule has 1 aliphatic carbocycles. The van der Waals surface area contributed by atoms with Crippen LogP contribution in [0.15, 0.2) is 47.4 Å². The number of ether oxygens (including phenoxy) is 2. The SMILES string of the molecule is CCOc1cccc2c1OC[C@H](NS(=O)(=O)c1ccc(C3CCCCC3)cc1)C2. The van der Waals surface area contributed by atoms with Crippen LogP contribution in [0.2, 0.25) is 0 Å². The average Bonchev–Trinajstić information content (AvgIpc) is 2.74. The van der Waals surface area contributed by atoms with Crippen LogP contribution in [0.1, 0.15) is 56.1 Å². The van der Waals surface area contributed by atoms with Crippen molar-refractivity contribution >= 4 is 10.0 Å².